The van der Waals surface area contributed by atoms with E-state index in [0.29, 0.717) is 12.6 Å². The van der Waals surface area contributed by atoms with Crippen LogP contribution in [0, 0.1) is 0 Å². The molecule has 1 aromatic carbocycles. The minimum absolute atomic E-state index is 0.338. The second-order valence-electron chi connectivity index (χ2n) is 7.13. The van der Waals surface area contributed by atoms with Gasteiger partial charge < -0.3 is 10.1 Å². The SMILES string of the molecule is CC(C)(C)OC(=O)NCC1CCCCN1Cc1ccc(Cl)cc1. The summed E-state index contributed by atoms with van der Waals surface area (Å²) in [4.78, 5) is 14.3. The van der Waals surface area contributed by atoms with Gasteiger partial charge in [-0.3, -0.25) is 4.90 Å². The van der Waals surface area contributed by atoms with Crippen LogP contribution in [0.1, 0.15) is 45.6 Å². The maximum Gasteiger partial charge on any atom is 0.407 e. The van der Waals surface area contributed by atoms with Gasteiger partial charge >= 0.3 is 6.09 Å². The minimum atomic E-state index is -0.459. The number of hydrogen-bond acceptors (Lipinski definition) is 3. The van der Waals surface area contributed by atoms with Gasteiger partial charge in [-0.05, 0) is 57.9 Å². The Kier molecular flexibility index (Phi) is 6.31. The standard InChI is InChI=1S/C18H27ClN2O2/c1-18(2,3)23-17(22)20-12-16-6-4-5-11-21(16)13-14-7-9-15(19)10-8-14/h7-10,16H,4-6,11-13H2,1-3H3,(H,20,22). The minimum Gasteiger partial charge on any atom is -0.444 e. The maximum absolute atomic E-state index is 11.8. The third-order valence-corrected chi connectivity index (χ3v) is 4.18. The molecule has 1 aromatic rings. The summed E-state index contributed by atoms with van der Waals surface area (Å²) in [6, 6.07) is 8.33. The Labute approximate surface area is 144 Å². The van der Waals surface area contributed by atoms with Crippen molar-refractivity contribution in [3.05, 3.63) is 34.9 Å². The number of alkyl carbamates (subject to hydrolysis) is 1. The smallest absolute Gasteiger partial charge is 0.407 e. The quantitative estimate of drug-likeness (QED) is 0.893. The number of ether oxygens (including phenoxy) is 1. The van der Waals surface area contributed by atoms with E-state index in [-0.39, 0.29) is 6.09 Å². The lowest BCUT2D eigenvalue weighted by Crippen LogP contribution is -2.47. The molecule has 0 spiro atoms. The van der Waals surface area contributed by atoms with Crippen molar-refractivity contribution in [1.82, 2.24) is 10.2 Å². The molecule has 0 aromatic heterocycles. The summed E-state index contributed by atoms with van der Waals surface area (Å²) in [6.45, 7) is 8.20. The largest absolute Gasteiger partial charge is 0.444 e. The van der Waals surface area contributed by atoms with Crippen LogP contribution < -0.4 is 5.32 Å². The molecule has 1 aliphatic rings. The Morgan fingerprint density at radius 1 is 1.30 bits per heavy atom. The normalized spacial score (nSPS) is 19.4. The zero-order valence-electron chi connectivity index (χ0n) is 14.3. The number of amides is 1. The number of benzene rings is 1. The molecular weight excluding hydrogens is 312 g/mol. The third kappa shape index (κ3) is 6.40. The molecule has 128 valence electrons. The fourth-order valence-electron chi connectivity index (χ4n) is 2.84. The van der Waals surface area contributed by atoms with E-state index in [1.54, 1.807) is 0 Å². The first-order valence-corrected chi connectivity index (χ1v) is 8.66. The van der Waals surface area contributed by atoms with E-state index in [0.717, 1.165) is 24.5 Å². The van der Waals surface area contributed by atoms with E-state index in [1.165, 1.54) is 18.4 Å². The number of nitrogens with zero attached hydrogens (tertiary/aromatic N) is 1. The molecular formula is C18H27ClN2O2. The third-order valence-electron chi connectivity index (χ3n) is 3.93. The van der Waals surface area contributed by atoms with Crippen LogP contribution in [0.15, 0.2) is 24.3 Å². The molecule has 5 heteroatoms. The van der Waals surface area contributed by atoms with Crippen LogP contribution in [0.4, 0.5) is 4.79 Å². The van der Waals surface area contributed by atoms with Gasteiger partial charge in [0.15, 0.2) is 0 Å². The van der Waals surface area contributed by atoms with Gasteiger partial charge in [-0.15, -0.1) is 0 Å². The summed E-state index contributed by atoms with van der Waals surface area (Å²) in [6.07, 6.45) is 3.17. The van der Waals surface area contributed by atoms with Gasteiger partial charge in [0.2, 0.25) is 0 Å². The molecule has 0 bridgehead atoms. The number of piperidine rings is 1. The monoisotopic (exact) mass is 338 g/mol. The van der Waals surface area contributed by atoms with Crippen molar-refractivity contribution in [3.8, 4) is 0 Å². The molecule has 1 heterocycles. The number of halogens is 1. The Morgan fingerprint density at radius 3 is 2.65 bits per heavy atom. The van der Waals surface area contributed by atoms with Crippen LogP contribution in [0.3, 0.4) is 0 Å². The highest BCUT2D eigenvalue weighted by atomic mass is 35.5. The Hall–Kier alpha value is -1.26. The van der Waals surface area contributed by atoms with Crippen LogP contribution in [0.25, 0.3) is 0 Å². The highest BCUT2D eigenvalue weighted by Gasteiger charge is 2.24. The number of likely N-dealkylation sites (tertiary alicyclic amines) is 1. The average Bonchev–Trinajstić information content (AvgIpc) is 2.47. The molecule has 0 saturated carbocycles. The second kappa shape index (κ2) is 8.02. The average molecular weight is 339 g/mol. The van der Waals surface area contributed by atoms with Crippen LogP contribution in [0.5, 0.6) is 0 Å². The molecule has 1 fully saturated rings. The summed E-state index contributed by atoms with van der Waals surface area (Å²) in [5.74, 6) is 0. The zero-order chi connectivity index (χ0) is 16.9. The van der Waals surface area contributed by atoms with Crippen molar-refractivity contribution in [2.24, 2.45) is 0 Å². The molecule has 1 amide bonds. The number of hydrogen-bond donors (Lipinski definition) is 1. The van der Waals surface area contributed by atoms with Crippen molar-refractivity contribution < 1.29 is 9.53 Å². The topological polar surface area (TPSA) is 41.6 Å². The van der Waals surface area contributed by atoms with Crippen molar-refractivity contribution in [2.75, 3.05) is 13.1 Å². The fourth-order valence-corrected chi connectivity index (χ4v) is 2.96. The summed E-state index contributed by atoms with van der Waals surface area (Å²) < 4.78 is 5.31. The molecule has 1 atom stereocenters. The Morgan fingerprint density at radius 2 is 2.00 bits per heavy atom. The van der Waals surface area contributed by atoms with Crippen LogP contribution >= 0.6 is 11.6 Å². The van der Waals surface area contributed by atoms with E-state index in [4.69, 9.17) is 16.3 Å². The molecule has 2 rings (SSSR count). The first-order valence-electron chi connectivity index (χ1n) is 8.29. The fraction of sp³-hybridized carbons (Fsp3) is 0.611. The van der Waals surface area contributed by atoms with E-state index >= 15 is 0 Å². The zero-order valence-corrected chi connectivity index (χ0v) is 15.0. The van der Waals surface area contributed by atoms with E-state index in [9.17, 15) is 4.79 Å². The van der Waals surface area contributed by atoms with Crippen molar-refractivity contribution in [2.45, 2.75) is 58.2 Å². The molecule has 1 saturated heterocycles. The number of carbonyl (C=O) groups excluding carboxylic acids is 1. The number of nitrogens with one attached hydrogen (secondary N) is 1. The van der Waals surface area contributed by atoms with Gasteiger partial charge in [-0.25, -0.2) is 4.79 Å². The van der Waals surface area contributed by atoms with Crippen molar-refractivity contribution in [1.29, 1.82) is 0 Å². The van der Waals surface area contributed by atoms with E-state index in [2.05, 4.69) is 22.3 Å². The van der Waals surface area contributed by atoms with Crippen LogP contribution in [-0.4, -0.2) is 35.7 Å². The highest BCUT2D eigenvalue weighted by Crippen LogP contribution is 2.20. The van der Waals surface area contributed by atoms with E-state index in [1.807, 2.05) is 32.9 Å². The van der Waals surface area contributed by atoms with Crippen molar-refractivity contribution >= 4 is 17.7 Å². The number of carbonyl (C=O) groups is 1. The summed E-state index contributed by atoms with van der Waals surface area (Å²) >= 11 is 5.95. The predicted molar refractivity (Wildman–Crippen MR) is 93.7 cm³/mol. The Bertz CT molecular complexity index is 511. The molecule has 0 radical (unpaired) electrons. The van der Waals surface area contributed by atoms with Gasteiger partial charge in [-0.2, -0.15) is 0 Å². The van der Waals surface area contributed by atoms with Crippen LogP contribution in [-0.2, 0) is 11.3 Å². The summed E-state index contributed by atoms with van der Waals surface area (Å²) in [5.41, 5.74) is 0.790. The van der Waals surface area contributed by atoms with E-state index < -0.39 is 5.60 Å². The van der Waals surface area contributed by atoms with Gasteiger partial charge in [0.25, 0.3) is 0 Å². The summed E-state index contributed by atoms with van der Waals surface area (Å²) in [7, 11) is 0. The molecule has 0 aliphatic carbocycles. The molecule has 1 unspecified atom stereocenters. The lowest BCUT2D eigenvalue weighted by atomic mass is 10.0. The van der Waals surface area contributed by atoms with Crippen molar-refractivity contribution in [3.63, 3.8) is 0 Å². The van der Waals surface area contributed by atoms with Crippen LogP contribution in [0.2, 0.25) is 5.02 Å². The highest BCUT2D eigenvalue weighted by molar-refractivity contribution is 6.30. The molecule has 1 N–H and O–H groups in total. The van der Waals surface area contributed by atoms with Gasteiger partial charge in [0, 0.05) is 24.2 Å². The second-order valence-corrected chi connectivity index (χ2v) is 7.57. The Balaban J connectivity index is 1.88. The lowest BCUT2D eigenvalue weighted by molar-refractivity contribution is 0.0492. The van der Waals surface area contributed by atoms with Gasteiger partial charge in [-0.1, -0.05) is 30.2 Å². The first kappa shape index (κ1) is 18.1. The van der Waals surface area contributed by atoms with Gasteiger partial charge in [0.05, 0.1) is 0 Å². The number of rotatable bonds is 4. The molecule has 1 aliphatic heterocycles. The van der Waals surface area contributed by atoms with Gasteiger partial charge in [0.1, 0.15) is 5.60 Å². The first-order chi connectivity index (χ1) is 10.8. The predicted octanol–water partition coefficient (Wildman–Crippen LogP) is 4.22. The maximum atomic E-state index is 11.8. The molecule has 4 nitrogen and oxygen atoms in total. The lowest BCUT2D eigenvalue weighted by Gasteiger charge is -2.36. The summed E-state index contributed by atoms with van der Waals surface area (Å²) in [5, 5.41) is 3.67. The molecule has 23 heavy (non-hydrogen) atoms.